The van der Waals surface area contributed by atoms with E-state index >= 15 is 0 Å². The molecule has 0 aliphatic rings. The normalized spacial score (nSPS) is 11.3. The lowest BCUT2D eigenvalue weighted by Gasteiger charge is -2.14. The highest BCUT2D eigenvalue weighted by Gasteiger charge is 2.21. The van der Waals surface area contributed by atoms with E-state index < -0.39 is 10.0 Å². The van der Waals surface area contributed by atoms with Crippen LogP contribution in [0, 0.1) is 13.8 Å². The van der Waals surface area contributed by atoms with Gasteiger partial charge in [-0.15, -0.1) is 0 Å². The van der Waals surface area contributed by atoms with Crippen molar-refractivity contribution in [1.29, 1.82) is 0 Å². The second kappa shape index (κ2) is 6.60. The highest BCUT2D eigenvalue weighted by Crippen LogP contribution is 2.31. The molecule has 1 heterocycles. The highest BCUT2D eigenvalue weighted by atomic mass is 32.2. The number of ether oxygens (including phenoxy) is 1. The zero-order valence-electron chi connectivity index (χ0n) is 14.1. The number of aromatic nitrogens is 1. The van der Waals surface area contributed by atoms with Crippen LogP contribution in [0.1, 0.15) is 11.1 Å². The van der Waals surface area contributed by atoms with Gasteiger partial charge in [0, 0.05) is 11.6 Å². The summed E-state index contributed by atoms with van der Waals surface area (Å²) in [6.07, 6.45) is 1.52. The molecule has 0 radical (unpaired) electrons. The lowest BCUT2D eigenvalue weighted by molar-refractivity contribution is 0.402. The van der Waals surface area contributed by atoms with Crippen LogP contribution in [-0.2, 0) is 10.0 Å². The van der Waals surface area contributed by atoms with Crippen LogP contribution in [0.4, 0.5) is 5.69 Å². The molecular weight excluding hydrogens is 340 g/mol. The molecular formula is C18H18N2O4S. The van der Waals surface area contributed by atoms with E-state index in [4.69, 9.17) is 9.26 Å². The van der Waals surface area contributed by atoms with Gasteiger partial charge in [-0.25, -0.2) is 8.42 Å². The Hall–Kier alpha value is -2.80. The third kappa shape index (κ3) is 3.36. The molecule has 0 aliphatic heterocycles. The average molecular weight is 358 g/mol. The van der Waals surface area contributed by atoms with Crippen LogP contribution in [0.25, 0.3) is 11.3 Å². The maximum absolute atomic E-state index is 12.8. The molecule has 0 fully saturated rings. The van der Waals surface area contributed by atoms with E-state index in [2.05, 4.69) is 9.88 Å². The largest absolute Gasteiger partial charge is 0.495 e. The van der Waals surface area contributed by atoms with Gasteiger partial charge in [-0.3, -0.25) is 4.72 Å². The van der Waals surface area contributed by atoms with E-state index in [1.54, 1.807) is 24.3 Å². The molecule has 0 spiro atoms. The van der Waals surface area contributed by atoms with Crippen LogP contribution in [0.5, 0.6) is 5.75 Å². The first-order valence-electron chi connectivity index (χ1n) is 7.60. The Labute approximate surface area is 146 Å². The van der Waals surface area contributed by atoms with Crippen molar-refractivity contribution >= 4 is 15.7 Å². The minimum atomic E-state index is -3.80. The molecule has 2 aromatic carbocycles. The van der Waals surface area contributed by atoms with Crippen LogP contribution >= 0.6 is 0 Å². The van der Waals surface area contributed by atoms with Crippen molar-refractivity contribution in [2.24, 2.45) is 0 Å². The summed E-state index contributed by atoms with van der Waals surface area (Å²) in [6, 6.07) is 11.9. The first-order valence-corrected chi connectivity index (χ1v) is 9.09. The van der Waals surface area contributed by atoms with Crippen molar-refractivity contribution in [1.82, 2.24) is 5.16 Å². The number of nitrogens with zero attached hydrogens (tertiary/aromatic N) is 1. The quantitative estimate of drug-likeness (QED) is 0.751. The number of sulfonamides is 1. The number of rotatable bonds is 5. The summed E-state index contributed by atoms with van der Waals surface area (Å²) in [4.78, 5) is 0.0548. The molecule has 3 aromatic rings. The van der Waals surface area contributed by atoms with Crippen molar-refractivity contribution in [2.75, 3.05) is 11.8 Å². The Morgan fingerprint density at radius 1 is 1.12 bits per heavy atom. The molecule has 25 heavy (non-hydrogen) atoms. The Balaban J connectivity index is 2.01. The third-order valence-electron chi connectivity index (χ3n) is 4.02. The molecule has 1 aromatic heterocycles. The standard InChI is InChI=1S/C18H18N2O4S/c1-12-5-4-6-15(13(12)2)20-25(21,22)18-8-7-14(11-17(18)23-3)16-9-10-19-24-16/h4-11,20H,1-3H3. The van der Waals surface area contributed by atoms with Gasteiger partial charge in [0.1, 0.15) is 10.6 Å². The molecule has 0 unspecified atom stereocenters. The number of nitrogens with one attached hydrogen (secondary N) is 1. The Morgan fingerprint density at radius 2 is 1.92 bits per heavy atom. The highest BCUT2D eigenvalue weighted by molar-refractivity contribution is 7.92. The van der Waals surface area contributed by atoms with Crippen LogP contribution in [0.15, 0.2) is 58.1 Å². The maximum atomic E-state index is 12.8. The van der Waals surface area contributed by atoms with Crippen LogP contribution < -0.4 is 9.46 Å². The molecule has 0 saturated heterocycles. The molecule has 0 atom stereocenters. The number of methoxy groups -OCH3 is 1. The smallest absolute Gasteiger partial charge is 0.265 e. The molecule has 1 N–H and O–H groups in total. The summed E-state index contributed by atoms with van der Waals surface area (Å²) in [6.45, 7) is 3.80. The van der Waals surface area contributed by atoms with Crippen molar-refractivity contribution in [3.63, 3.8) is 0 Å². The number of hydrogen-bond acceptors (Lipinski definition) is 5. The fourth-order valence-corrected chi connectivity index (χ4v) is 3.74. The molecule has 3 rings (SSSR count). The fourth-order valence-electron chi connectivity index (χ4n) is 2.47. The Bertz CT molecular complexity index is 996. The minimum absolute atomic E-state index is 0.0548. The van der Waals surface area contributed by atoms with Gasteiger partial charge < -0.3 is 9.26 Å². The minimum Gasteiger partial charge on any atom is -0.495 e. The Morgan fingerprint density at radius 3 is 2.60 bits per heavy atom. The van der Waals surface area contributed by atoms with Gasteiger partial charge in [0.15, 0.2) is 5.76 Å². The van der Waals surface area contributed by atoms with Gasteiger partial charge in [0.2, 0.25) is 0 Å². The predicted molar refractivity (Wildman–Crippen MR) is 95.2 cm³/mol. The summed E-state index contributed by atoms with van der Waals surface area (Å²) in [5.74, 6) is 0.761. The first-order chi connectivity index (χ1) is 11.9. The maximum Gasteiger partial charge on any atom is 0.265 e. The van der Waals surface area contributed by atoms with Gasteiger partial charge in [-0.1, -0.05) is 17.3 Å². The molecule has 0 aliphatic carbocycles. The average Bonchev–Trinajstić information content (AvgIpc) is 3.13. The molecule has 130 valence electrons. The first kappa shape index (κ1) is 17.0. The second-order valence-corrected chi connectivity index (χ2v) is 7.25. The van der Waals surface area contributed by atoms with Crippen molar-refractivity contribution in [2.45, 2.75) is 18.7 Å². The van der Waals surface area contributed by atoms with E-state index in [1.807, 2.05) is 26.0 Å². The van der Waals surface area contributed by atoms with Crippen molar-refractivity contribution < 1.29 is 17.7 Å². The number of benzene rings is 2. The van der Waals surface area contributed by atoms with Gasteiger partial charge in [-0.05, 0) is 49.2 Å². The van der Waals surface area contributed by atoms with Crippen LogP contribution in [-0.4, -0.2) is 20.7 Å². The van der Waals surface area contributed by atoms with Crippen LogP contribution in [0.3, 0.4) is 0 Å². The van der Waals surface area contributed by atoms with E-state index in [0.717, 1.165) is 11.1 Å². The van der Waals surface area contributed by atoms with Gasteiger partial charge in [0.25, 0.3) is 10.0 Å². The van der Waals surface area contributed by atoms with Crippen molar-refractivity contribution in [3.05, 3.63) is 59.8 Å². The SMILES string of the molecule is COc1cc(-c2ccno2)ccc1S(=O)(=O)Nc1cccc(C)c1C. The lowest BCUT2D eigenvalue weighted by Crippen LogP contribution is -2.15. The summed E-state index contributed by atoms with van der Waals surface area (Å²) in [5, 5.41) is 3.65. The van der Waals surface area contributed by atoms with Crippen LogP contribution in [0.2, 0.25) is 0 Å². The molecule has 0 saturated carbocycles. The van der Waals surface area contributed by atoms with Crippen molar-refractivity contribution in [3.8, 4) is 17.1 Å². The molecule has 0 amide bonds. The third-order valence-corrected chi connectivity index (χ3v) is 5.43. The summed E-state index contributed by atoms with van der Waals surface area (Å²) in [5.41, 5.74) is 3.11. The molecule has 0 bridgehead atoms. The van der Waals surface area contributed by atoms with Gasteiger partial charge in [-0.2, -0.15) is 0 Å². The zero-order chi connectivity index (χ0) is 18.0. The van der Waals surface area contributed by atoms with Gasteiger partial charge >= 0.3 is 0 Å². The fraction of sp³-hybridized carbons (Fsp3) is 0.167. The topological polar surface area (TPSA) is 81.4 Å². The summed E-state index contributed by atoms with van der Waals surface area (Å²) >= 11 is 0. The van der Waals surface area contributed by atoms with E-state index in [1.165, 1.54) is 19.4 Å². The zero-order valence-corrected chi connectivity index (χ0v) is 14.9. The predicted octanol–water partition coefficient (Wildman–Crippen LogP) is 3.77. The van der Waals surface area contributed by atoms with Gasteiger partial charge in [0.05, 0.1) is 19.0 Å². The number of aryl methyl sites for hydroxylation is 1. The van der Waals surface area contributed by atoms with E-state index in [0.29, 0.717) is 17.0 Å². The summed E-state index contributed by atoms with van der Waals surface area (Å²) in [7, 11) is -2.38. The molecule has 6 nitrogen and oxygen atoms in total. The van der Waals surface area contributed by atoms with E-state index in [9.17, 15) is 8.42 Å². The molecule has 7 heteroatoms. The Kier molecular flexibility index (Phi) is 4.50. The number of anilines is 1. The second-order valence-electron chi connectivity index (χ2n) is 5.60. The lowest BCUT2D eigenvalue weighted by atomic mass is 10.1. The monoisotopic (exact) mass is 358 g/mol. The summed E-state index contributed by atoms with van der Waals surface area (Å²) < 4.78 is 38.6. The van der Waals surface area contributed by atoms with E-state index in [-0.39, 0.29) is 10.6 Å². The number of hydrogen-bond donors (Lipinski definition) is 1.